The van der Waals surface area contributed by atoms with Gasteiger partial charge in [-0.05, 0) is 42.5 Å². The highest BCUT2D eigenvalue weighted by atomic mass is 79.9. The predicted molar refractivity (Wildman–Crippen MR) is 141 cm³/mol. The molecule has 0 aliphatic carbocycles. The maximum atomic E-state index is 13.5. The monoisotopic (exact) mass is 540 g/mol. The normalized spacial score (nSPS) is 11.8. The van der Waals surface area contributed by atoms with E-state index >= 15 is 0 Å². The van der Waals surface area contributed by atoms with Crippen molar-refractivity contribution in [2.75, 3.05) is 0 Å². The number of nitrogens with zero attached hydrogens (tertiary/aromatic N) is 4. The first kappa shape index (κ1) is 22.0. The lowest BCUT2D eigenvalue weighted by Gasteiger charge is -2.07. The van der Waals surface area contributed by atoms with Crippen LogP contribution in [0.3, 0.4) is 0 Å². The van der Waals surface area contributed by atoms with E-state index in [2.05, 4.69) is 21.0 Å². The van der Waals surface area contributed by atoms with Crippen molar-refractivity contribution in [2.24, 2.45) is 5.10 Å². The Balaban J connectivity index is 1.55. The zero-order valence-electron chi connectivity index (χ0n) is 18.6. The van der Waals surface area contributed by atoms with E-state index in [9.17, 15) is 14.7 Å². The van der Waals surface area contributed by atoms with Gasteiger partial charge in [-0.25, -0.2) is 4.98 Å². The summed E-state index contributed by atoms with van der Waals surface area (Å²) >= 11 is 3.47. The summed E-state index contributed by atoms with van der Waals surface area (Å²) in [4.78, 5) is 29.6. The predicted octanol–water partition coefficient (Wildman–Crippen LogP) is 5.49. The average Bonchev–Trinajstić information content (AvgIpc) is 3.44. The van der Waals surface area contributed by atoms with E-state index in [-0.39, 0.29) is 17.9 Å². The first-order chi connectivity index (χ1) is 17.5. The molecule has 0 amide bonds. The van der Waals surface area contributed by atoms with Gasteiger partial charge in [0, 0.05) is 32.5 Å². The Labute approximate surface area is 211 Å². The fraction of sp³-hybridized carbons (Fsp3) is 0.0370. The van der Waals surface area contributed by atoms with Crippen LogP contribution in [-0.4, -0.2) is 31.5 Å². The minimum absolute atomic E-state index is 0.189. The van der Waals surface area contributed by atoms with Crippen molar-refractivity contribution in [1.82, 2.24) is 14.2 Å². The molecule has 0 bridgehead atoms. The summed E-state index contributed by atoms with van der Waals surface area (Å²) < 4.78 is 9.80. The molecule has 0 atom stereocenters. The molecule has 0 radical (unpaired) electrons. The van der Waals surface area contributed by atoms with Gasteiger partial charge < -0.3 is 14.1 Å². The summed E-state index contributed by atoms with van der Waals surface area (Å²) in [5.41, 5.74) is 2.27. The molecule has 3 aromatic heterocycles. The number of fused-ring (bicyclic) bond motifs is 3. The van der Waals surface area contributed by atoms with Crippen molar-refractivity contribution in [3.05, 3.63) is 99.4 Å². The van der Waals surface area contributed by atoms with E-state index < -0.39 is 5.97 Å². The number of hydrogen-bond donors (Lipinski definition) is 1. The van der Waals surface area contributed by atoms with Gasteiger partial charge in [0.25, 0.3) is 5.56 Å². The Kier molecular flexibility index (Phi) is 5.26. The Morgan fingerprint density at radius 1 is 1.06 bits per heavy atom. The topological polar surface area (TPSA) is 103 Å². The Morgan fingerprint density at radius 3 is 2.67 bits per heavy atom. The number of benzene rings is 3. The molecular formula is C27H17BrN4O4. The van der Waals surface area contributed by atoms with Crippen LogP contribution in [0.2, 0.25) is 0 Å². The van der Waals surface area contributed by atoms with Crippen LogP contribution in [0.5, 0.6) is 0 Å². The van der Waals surface area contributed by atoms with E-state index in [1.807, 2.05) is 54.6 Å². The zero-order chi connectivity index (χ0) is 24.8. The van der Waals surface area contributed by atoms with Crippen LogP contribution in [-0.2, 0) is 11.3 Å². The van der Waals surface area contributed by atoms with Gasteiger partial charge in [-0.3, -0.25) is 9.59 Å². The van der Waals surface area contributed by atoms with Gasteiger partial charge >= 0.3 is 5.97 Å². The lowest BCUT2D eigenvalue weighted by Crippen LogP contribution is -2.20. The molecule has 1 N–H and O–H groups in total. The number of carboxylic acids is 1. The Hall–Kier alpha value is -4.50. The van der Waals surface area contributed by atoms with E-state index in [0.717, 1.165) is 20.8 Å². The van der Waals surface area contributed by atoms with E-state index in [0.29, 0.717) is 27.8 Å². The molecular weight excluding hydrogens is 524 g/mol. The van der Waals surface area contributed by atoms with Gasteiger partial charge in [0.2, 0.25) is 5.82 Å². The number of carbonyl (C=O) groups is 1. The second kappa shape index (κ2) is 8.62. The van der Waals surface area contributed by atoms with Crippen LogP contribution in [0, 0.1) is 0 Å². The number of furan rings is 1. The third-order valence-corrected chi connectivity index (χ3v) is 6.38. The van der Waals surface area contributed by atoms with Gasteiger partial charge in [0.1, 0.15) is 12.1 Å². The van der Waals surface area contributed by atoms with Gasteiger partial charge in [0.05, 0.1) is 17.1 Å². The molecule has 0 saturated heterocycles. The highest BCUT2D eigenvalue weighted by Crippen LogP contribution is 2.29. The zero-order valence-corrected chi connectivity index (χ0v) is 20.2. The van der Waals surface area contributed by atoms with Crippen LogP contribution in [0.1, 0.15) is 5.56 Å². The highest BCUT2D eigenvalue weighted by molar-refractivity contribution is 9.10. The average molecular weight is 541 g/mol. The second-order valence-corrected chi connectivity index (χ2v) is 9.15. The fourth-order valence-electron chi connectivity index (χ4n) is 4.29. The van der Waals surface area contributed by atoms with E-state index in [1.54, 1.807) is 35.2 Å². The summed E-state index contributed by atoms with van der Waals surface area (Å²) in [5.74, 6) is -0.291. The number of para-hydroxylation sites is 2. The SMILES string of the molecule is O=C(O)Cn1cc(C=Nn2c(-c3cc4cc(Br)ccc4o3)nc3ccccc3c2=O)c2ccccc21. The van der Waals surface area contributed by atoms with Crippen LogP contribution < -0.4 is 5.56 Å². The molecule has 0 unspecified atom stereocenters. The molecule has 3 aromatic carbocycles. The third kappa shape index (κ3) is 3.79. The number of aliphatic carboxylic acids is 1. The molecule has 6 rings (SSSR count). The molecule has 176 valence electrons. The first-order valence-electron chi connectivity index (χ1n) is 11.0. The van der Waals surface area contributed by atoms with Crippen molar-refractivity contribution in [2.45, 2.75) is 6.54 Å². The number of carboxylic acid groups (broad SMARTS) is 1. The van der Waals surface area contributed by atoms with Crippen LogP contribution >= 0.6 is 15.9 Å². The molecule has 36 heavy (non-hydrogen) atoms. The number of aromatic nitrogens is 3. The van der Waals surface area contributed by atoms with Crippen LogP contribution in [0.25, 0.3) is 44.4 Å². The quantitative estimate of drug-likeness (QED) is 0.291. The van der Waals surface area contributed by atoms with Gasteiger partial charge in [-0.15, -0.1) is 0 Å². The van der Waals surface area contributed by atoms with Crippen molar-refractivity contribution < 1.29 is 14.3 Å². The largest absolute Gasteiger partial charge is 0.480 e. The molecule has 9 heteroatoms. The molecule has 3 heterocycles. The maximum Gasteiger partial charge on any atom is 0.323 e. The van der Waals surface area contributed by atoms with E-state index in [1.165, 1.54) is 4.68 Å². The standard InChI is InChI=1S/C27H17BrN4O4/c28-18-9-10-23-16(11-18)12-24(36-23)26-30-21-7-3-1-6-20(21)27(35)32(26)29-13-17-14-31(15-25(33)34)22-8-4-2-5-19(17)22/h1-14H,15H2,(H,33,34). The number of rotatable bonds is 5. The van der Waals surface area contributed by atoms with Gasteiger partial charge in [-0.1, -0.05) is 46.3 Å². The molecule has 0 spiro atoms. The smallest absolute Gasteiger partial charge is 0.323 e. The highest BCUT2D eigenvalue weighted by Gasteiger charge is 2.17. The molecule has 6 aromatic rings. The van der Waals surface area contributed by atoms with Crippen LogP contribution in [0.4, 0.5) is 0 Å². The van der Waals surface area contributed by atoms with Crippen molar-refractivity contribution in [3.63, 3.8) is 0 Å². The molecule has 0 aliphatic rings. The minimum Gasteiger partial charge on any atom is -0.480 e. The summed E-state index contributed by atoms with van der Waals surface area (Å²) in [6.07, 6.45) is 3.25. The number of hydrogen-bond acceptors (Lipinski definition) is 5. The first-order valence-corrected chi connectivity index (χ1v) is 11.8. The molecule has 0 saturated carbocycles. The molecule has 0 aliphatic heterocycles. The lowest BCUT2D eigenvalue weighted by atomic mass is 10.2. The summed E-state index contributed by atoms with van der Waals surface area (Å²) in [6, 6.07) is 22.0. The minimum atomic E-state index is -0.951. The van der Waals surface area contributed by atoms with Gasteiger partial charge in [-0.2, -0.15) is 9.78 Å². The van der Waals surface area contributed by atoms with E-state index in [4.69, 9.17) is 9.40 Å². The summed E-state index contributed by atoms with van der Waals surface area (Å²) in [6.45, 7) is -0.189. The van der Waals surface area contributed by atoms with Crippen molar-refractivity contribution in [1.29, 1.82) is 0 Å². The number of halogens is 1. The third-order valence-electron chi connectivity index (χ3n) is 5.89. The van der Waals surface area contributed by atoms with Crippen LogP contribution in [0.15, 0.2) is 97.8 Å². The molecule has 8 nitrogen and oxygen atoms in total. The second-order valence-electron chi connectivity index (χ2n) is 8.23. The summed E-state index contributed by atoms with van der Waals surface area (Å²) in [7, 11) is 0. The van der Waals surface area contributed by atoms with Gasteiger partial charge in [0.15, 0.2) is 5.76 Å². The fourth-order valence-corrected chi connectivity index (χ4v) is 4.67. The lowest BCUT2D eigenvalue weighted by molar-refractivity contribution is -0.137. The van der Waals surface area contributed by atoms with Crippen molar-refractivity contribution >= 4 is 60.9 Å². The van der Waals surface area contributed by atoms with Crippen molar-refractivity contribution in [3.8, 4) is 11.6 Å². The molecule has 0 fully saturated rings. The Morgan fingerprint density at radius 2 is 1.83 bits per heavy atom. The maximum absolute atomic E-state index is 13.5. The Bertz CT molecular complexity index is 1900. The summed E-state index contributed by atoms with van der Waals surface area (Å²) in [5, 5.41) is 15.9.